The number of carboxylic acid groups (broad SMARTS) is 1. The van der Waals surface area contributed by atoms with Gasteiger partial charge in [0.1, 0.15) is 16.7 Å². The normalized spacial score (nSPS) is 11.9. The molecular formula is C31H26Cl2F3N9O3. The third-order valence-corrected chi connectivity index (χ3v) is 7.45. The first-order valence-electron chi connectivity index (χ1n) is 14.0. The number of aromatic nitrogens is 6. The predicted octanol–water partition coefficient (Wildman–Crippen LogP) is 6.44. The number of imidazole rings is 1. The van der Waals surface area contributed by atoms with E-state index in [1.807, 2.05) is 72.9 Å². The maximum Gasteiger partial charge on any atom is 0.490 e. The third-order valence-electron chi connectivity index (χ3n) is 6.94. The molecule has 48 heavy (non-hydrogen) atoms. The number of aliphatic carboxylic acids is 1. The molecule has 0 aliphatic heterocycles. The van der Waals surface area contributed by atoms with Crippen molar-refractivity contribution in [3.63, 3.8) is 0 Å². The van der Waals surface area contributed by atoms with E-state index in [0.717, 1.165) is 33.3 Å². The van der Waals surface area contributed by atoms with Crippen molar-refractivity contribution in [1.29, 1.82) is 0 Å². The second-order valence-corrected chi connectivity index (χ2v) is 11.1. The summed E-state index contributed by atoms with van der Waals surface area (Å²) in [6, 6.07) is 21.9. The lowest BCUT2D eigenvalue weighted by atomic mass is 10.1. The Bertz CT molecular complexity index is 2030. The Balaban J connectivity index is 0.000000582. The van der Waals surface area contributed by atoms with Crippen LogP contribution in [0.15, 0.2) is 85.2 Å². The van der Waals surface area contributed by atoms with Gasteiger partial charge in [-0.3, -0.25) is 5.10 Å². The number of carbonyl (C=O) groups excluding carboxylic acids is 1. The number of alkyl halides is 3. The summed E-state index contributed by atoms with van der Waals surface area (Å²) in [6.07, 6.45) is -1.07. The molecule has 6 rings (SSSR count). The first-order chi connectivity index (χ1) is 22.9. The molecule has 0 bridgehead atoms. The van der Waals surface area contributed by atoms with Gasteiger partial charge in [-0.1, -0.05) is 59.6 Å². The van der Waals surface area contributed by atoms with Gasteiger partial charge < -0.3 is 26.5 Å². The minimum atomic E-state index is -5.08. The zero-order valence-corrected chi connectivity index (χ0v) is 26.1. The highest BCUT2D eigenvalue weighted by molar-refractivity contribution is 6.32. The van der Waals surface area contributed by atoms with Crippen LogP contribution in [0.25, 0.3) is 27.8 Å². The van der Waals surface area contributed by atoms with Crippen molar-refractivity contribution in [2.75, 3.05) is 5.73 Å². The minimum absolute atomic E-state index is 0.233. The third kappa shape index (κ3) is 8.24. The van der Waals surface area contributed by atoms with Crippen LogP contribution in [0.4, 0.5) is 23.8 Å². The van der Waals surface area contributed by atoms with E-state index in [2.05, 4.69) is 30.9 Å². The molecule has 3 aromatic heterocycles. The number of carboxylic acids is 1. The molecule has 0 spiro atoms. The molecule has 17 heteroatoms. The monoisotopic (exact) mass is 699 g/mol. The van der Waals surface area contributed by atoms with Crippen molar-refractivity contribution in [3.8, 4) is 16.9 Å². The molecule has 3 aromatic carbocycles. The number of anilines is 1. The molecule has 0 fully saturated rings. The van der Waals surface area contributed by atoms with Crippen molar-refractivity contribution in [1.82, 2.24) is 40.6 Å². The molecule has 6 aromatic rings. The van der Waals surface area contributed by atoms with E-state index in [0.29, 0.717) is 33.9 Å². The van der Waals surface area contributed by atoms with Crippen LogP contribution in [0, 0.1) is 0 Å². The molecule has 0 unspecified atom stereocenters. The number of aromatic amines is 2. The van der Waals surface area contributed by atoms with Crippen LogP contribution >= 0.6 is 23.2 Å². The smallest absolute Gasteiger partial charge is 0.475 e. The van der Waals surface area contributed by atoms with Gasteiger partial charge in [-0.2, -0.15) is 23.4 Å². The first-order valence-corrected chi connectivity index (χ1v) is 14.8. The lowest BCUT2D eigenvalue weighted by molar-refractivity contribution is -0.192. The fourth-order valence-corrected chi connectivity index (χ4v) is 5.14. The number of nitrogens with one attached hydrogen (secondary N) is 4. The number of H-pyrrole nitrogens is 2. The number of nitrogens with two attached hydrogens (primary N) is 1. The Morgan fingerprint density at radius 1 is 1.04 bits per heavy atom. The summed E-state index contributed by atoms with van der Waals surface area (Å²) in [5.41, 5.74) is 10.7. The van der Waals surface area contributed by atoms with Gasteiger partial charge in [0.15, 0.2) is 5.82 Å². The fourth-order valence-electron chi connectivity index (χ4n) is 4.69. The molecule has 1 atom stereocenters. The maximum atomic E-state index is 13.2. The van der Waals surface area contributed by atoms with Gasteiger partial charge in [-0.05, 0) is 53.9 Å². The highest BCUT2D eigenvalue weighted by atomic mass is 35.5. The second kappa shape index (κ2) is 14.5. The zero-order valence-electron chi connectivity index (χ0n) is 24.6. The van der Waals surface area contributed by atoms with Crippen LogP contribution < -0.4 is 16.4 Å². The van der Waals surface area contributed by atoms with Crippen LogP contribution in [-0.4, -0.2) is 53.2 Å². The summed E-state index contributed by atoms with van der Waals surface area (Å²) in [5, 5.41) is 26.1. The number of hydrogen-bond acceptors (Lipinski definition) is 6. The van der Waals surface area contributed by atoms with Crippen LogP contribution in [-0.2, 0) is 17.8 Å². The minimum Gasteiger partial charge on any atom is -0.475 e. The van der Waals surface area contributed by atoms with E-state index in [1.54, 1.807) is 16.9 Å². The van der Waals surface area contributed by atoms with Gasteiger partial charge in [-0.15, -0.1) is 0 Å². The van der Waals surface area contributed by atoms with Gasteiger partial charge in [0.2, 0.25) is 0 Å². The summed E-state index contributed by atoms with van der Waals surface area (Å²) >= 11 is 12.9. The molecule has 3 heterocycles. The van der Waals surface area contributed by atoms with Gasteiger partial charge in [0.25, 0.3) is 0 Å². The topological polar surface area (TPSA) is 180 Å². The molecule has 12 nitrogen and oxygen atoms in total. The summed E-state index contributed by atoms with van der Waals surface area (Å²) in [5.74, 6) is -1.81. The van der Waals surface area contributed by atoms with Crippen molar-refractivity contribution < 1.29 is 27.9 Å². The highest BCUT2D eigenvalue weighted by Gasteiger charge is 2.38. The second-order valence-electron chi connectivity index (χ2n) is 10.2. The van der Waals surface area contributed by atoms with Crippen molar-refractivity contribution in [2.45, 2.75) is 25.2 Å². The zero-order chi connectivity index (χ0) is 34.4. The Hall–Kier alpha value is -5.54. The van der Waals surface area contributed by atoms with E-state index in [1.165, 1.54) is 0 Å². The molecule has 0 radical (unpaired) electrons. The molecule has 0 saturated heterocycles. The Morgan fingerprint density at radius 3 is 2.48 bits per heavy atom. The molecule has 7 N–H and O–H groups in total. The van der Waals surface area contributed by atoms with E-state index < -0.39 is 18.2 Å². The largest absolute Gasteiger partial charge is 0.490 e. The standard InChI is InChI=1S/C29H25Cl2N9O.C2HF3O2/c30-20-8-10-24(40-12-4-11-34-40)19(14-20)16-33-29(41)35-23(13-17-5-2-1-3-6-17)28-36-25(26(31)37-28)18-7-9-21-22(15-18)38-39-27(21)32;3-2(4,5)1(6)7/h1-12,14-15,23H,13,16H2,(H,36,37)(H3,32,38,39)(H2,33,35,41);(H,6,7)/t23-;/m0./s1. The molecule has 0 aliphatic carbocycles. The number of benzene rings is 3. The summed E-state index contributed by atoms with van der Waals surface area (Å²) in [7, 11) is 0. The van der Waals surface area contributed by atoms with Gasteiger partial charge in [0.05, 0.1) is 17.2 Å². The summed E-state index contributed by atoms with van der Waals surface area (Å²) in [6.45, 7) is 0.233. The predicted molar refractivity (Wildman–Crippen MR) is 174 cm³/mol. The van der Waals surface area contributed by atoms with Crippen LogP contribution in [0.1, 0.15) is 23.0 Å². The van der Waals surface area contributed by atoms with Crippen LogP contribution in [0.2, 0.25) is 10.2 Å². The Kier molecular flexibility index (Phi) is 10.2. The summed E-state index contributed by atoms with van der Waals surface area (Å²) in [4.78, 5) is 30.1. The first kappa shape index (κ1) is 33.8. The van der Waals surface area contributed by atoms with Crippen molar-refractivity contribution in [2.24, 2.45) is 0 Å². The number of fused-ring (bicyclic) bond motifs is 1. The lowest BCUT2D eigenvalue weighted by Crippen LogP contribution is -2.39. The Morgan fingerprint density at radius 2 is 1.79 bits per heavy atom. The van der Waals surface area contributed by atoms with Gasteiger partial charge in [-0.25, -0.2) is 19.3 Å². The molecular weight excluding hydrogens is 674 g/mol. The number of urea groups is 1. The van der Waals surface area contributed by atoms with Crippen LogP contribution in [0.5, 0.6) is 0 Å². The molecule has 0 saturated carbocycles. The molecule has 2 amide bonds. The number of halogens is 5. The maximum absolute atomic E-state index is 13.2. The average Bonchev–Trinajstić information content (AvgIpc) is 3.81. The van der Waals surface area contributed by atoms with E-state index in [4.69, 9.17) is 43.8 Å². The fraction of sp³-hybridized carbons (Fsp3) is 0.129. The number of nitrogen functional groups attached to an aromatic ring is 1. The number of hydrogen-bond donors (Lipinski definition) is 6. The molecule has 248 valence electrons. The van der Waals surface area contributed by atoms with Crippen LogP contribution in [0.3, 0.4) is 0 Å². The average molecular weight is 701 g/mol. The van der Waals surface area contributed by atoms with E-state index in [-0.39, 0.29) is 12.6 Å². The number of nitrogens with zero attached hydrogens (tertiary/aromatic N) is 4. The van der Waals surface area contributed by atoms with Crippen molar-refractivity contribution >= 4 is 51.9 Å². The number of amides is 2. The van der Waals surface area contributed by atoms with E-state index in [9.17, 15) is 18.0 Å². The number of rotatable bonds is 8. The molecule has 0 aliphatic rings. The highest BCUT2D eigenvalue weighted by Crippen LogP contribution is 2.31. The number of carbonyl (C=O) groups is 2. The van der Waals surface area contributed by atoms with Gasteiger partial charge in [0, 0.05) is 34.9 Å². The summed E-state index contributed by atoms with van der Waals surface area (Å²) < 4.78 is 33.5. The Labute approximate surface area is 280 Å². The van der Waals surface area contributed by atoms with Gasteiger partial charge >= 0.3 is 18.2 Å². The SMILES string of the molecule is Nc1n[nH]c2cc(-c3nc([C@H](Cc4ccccc4)NC(=O)NCc4cc(Cl)ccc4-n4cccn4)[nH]c3Cl)ccc12.O=C(O)C(F)(F)F. The van der Waals surface area contributed by atoms with Crippen molar-refractivity contribution in [3.05, 3.63) is 112 Å². The quantitative estimate of drug-likeness (QED) is 0.106. The lowest BCUT2D eigenvalue weighted by Gasteiger charge is -2.18. The van der Waals surface area contributed by atoms with E-state index >= 15 is 0 Å².